The fraction of sp³-hybridized carbons (Fsp3) is 0.700. The molecule has 0 radical (unpaired) electrons. The first-order valence-corrected chi connectivity index (χ1v) is 9.09. The van der Waals surface area contributed by atoms with Crippen LogP contribution in [-0.2, 0) is 9.59 Å². The first kappa shape index (κ1) is 33.7. The van der Waals surface area contributed by atoms with E-state index in [0.29, 0.717) is 12.2 Å². The Morgan fingerprint density at radius 3 is 1.81 bits per heavy atom. The van der Waals surface area contributed by atoms with Gasteiger partial charge in [0.1, 0.15) is 6.04 Å². The van der Waals surface area contributed by atoms with Crippen LogP contribution in [0.15, 0.2) is 24.8 Å². The third-order valence-corrected chi connectivity index (χ3v) is 4.35. The van der Waals surface area contributed by atoms with E-state index in [1.807, 2.05) is 6.92 Å². The average molecular weight is 426 g/mol. The van der Waals surface area contributed by atoms with E-state index in [1.54, 1.807) is 6.92 Å². The Labute approximate surface area is 179 Å². The van der Waals surface area contributed by atoms with Crippen molar-refractivity contribution in [2.45, 2.75) is 46.6 Å². The number of ketones is 1. The molecular formula is C20H41Cl2N3O2. The van der Waals surface area contributed by atoms with Gasteiger partial charge in [0, 0.05) is 5.57 Å². The van der Waals surface area contributed by atoms with Gasteiger partial charge in [-0.25, -0.2) is 0 Å². The Kier molecular flexibility index (Phi) is 20.1. The quantitative estimate of drug-likeness (QED) is 0.227. The van der Waals surface area contributed by atoms with Crippen LogP contribution in [0.1, 0.15) is 40.5 Å². The lowest BCUT2D eigenvalue weighted by molar-refractivity contribution is -0.903. The fourth-order valence-corrected chi connectivity index (χ4v) is 2.41. The average Bonchev–Trinajstić information content (AvgIpc) is 2.51. The lowest BCUT2D eigenvalue weighted by Gasteiger charge is -2.34. The van der Waals surface area contributed by atoms with Crippen LogP contribution in [0.2, 0.25) is 0 Å². The van der Waals surface area contributed by atoms with Crippen LogP contribution in [0.25, 0.3) is 0 Å². The zero-order valence-electron chi connectivity index (χ0n) is 18.6. The minimum absolute atomic E-state index is 0. The number of quaternary nitrogens is 2. The molecule has 0 bridgehead atoms. The molecule has 7 heteroatoms. The minimum atomic E-state index is -0.0534. The minimum Gasteiger partial charge on any atom is -1.00 e. The second-order valence-corrected chi connectivity index (χ2v) is 7.89. The Morgan fingerprint density at radius 2 is 1.48 bits per heavy atom. The van der Waals surface area contributed by atoms with Crippen LogP contribution in [0.5, 0.6) is 0 Å². The van der Waals surface area contributed by atoms with Gasteiger partial charge in [-0.1, -0.05) is 27.0 Å². The molecule has 1 N–H and O–H groups in total. The number of rotatable bonds is 10. The molecule has 0 aromatic rings. The number of likely N-dealkylation sites (N-methyl/N-ethyl adjacent to an activating group) is 1. The molecule has 0 heterocycles. The smallest absolute Gasteiger partial charge is 0.250 e. The number of halogens is 2. The van der Waals surface area contributed by atoms with E-state index in [1.165, 1.54) is 6.08 Å². The molecule has 0 aliphatic carbocycles. The highest BCUT2D eigenvalue weighted by Crippen LogP contribution is 2.08. The van der Waals surface area contributed by atoms with Gasteiger partial charge in [0.05, 0.1) is 41.3 Å². The highest BCUT2D eigenvalue weighted by Gasteiger charge is 2.27. The van der Waals surface area contributed by atoms with E-state index >= 15 is 0 Å². The summed E-state index contributed by atoms with van der Waals surface area (Å²) in [5.41, 5.74) is 0.566. The van der Waals surface area contributed by atoms with Crippen molar-refractivity contribution in [1.82, 2.24) is 5.32 Å². The molecule has 5 nitrogen and oxygen atoms in total. The van der Waals surface area contributed by atoms with Crippen molar-refractivity contribution in [2.24, 2.45) is 0 Å². The molecule has 1 atom stereocenters. The van der Waals surface area contributed by atoms with E-state index in [-0.39, 0.29) is 42.5 Å². The summed E-state index contributed by atoms with van der Waals surface area (Å²) in [6.07, 6.45) is 3.64. The molecule has 162 valence electrons. The van der Waals surface area contributed by atoms with Crippen LogP contribution in [-0.4, -0.2) is 74.6 Å². The van der Waals surface area contributed by atoms with Gasteiger partial charge in [0.25, 0.3) is 5.91 Å². The summed E-state index contributed by atoms with van der Waals surface area (Å²) in [6.45, 7) is 17.8. The molecule has 0 aliphatic rings. The molecule has 0 aliphatic heterocycles. The summed E-state index contributed by atoms with van der Waals surface area (Å²) < 4.78 is 1.57. The van der Waals surface area contributed by atoms with Crippen molar-refractivity contribution in [3.05, 3.63) is 24.8 Å². The molecule has 1 amide bonds. The van der Waals surface area contributed by atoms with Crippen molar-refractivity contribution in [2.75, 3.05) is 47.9 Å². The van der Waals surface area contributed by atoms with Crippen LogP contribution in [0.3, 0.4) is 0 Å². The van der Waals surface area contributed by atoms with Crippen molar-refractivity contribution in [1.29, 1.82) is 0 Å². The fourth-order valence-electron chi connectivity index (χ4n) is 2.41. The van der Waals surface area contributed by atoms with E-state index in [0.717, 1.165) is 34.9 Å². The number of carbonyl (C=O) groups is 2. The first-order chi connectivity index (χ1) is 11.3. The maximum absolute atomic E-state index is 11.3. The highest BCUT2D eigenvalue weighted by atomic mass is 35.5. The third-order valence-electron chi connectivity index (χ3n) is 4.35. The van der Waals surface area contributed by atoms with E-state index in [9.17, 15) is 9.59 Å². The second-order valence-electron chi connectivity index (χ2n) is 7.89. The predicted octanol–water partition coefficient (Wildman–Crippen LogP) is -3.25. The monoisotopic (exact) mass is 425 g/mol. The summed E-state index contributed by atoms with van der Waals surface area (Å²) >= 11 is 0. The lowest BCUT2D eigenvalue weighted by atomic mass is 10.1. The van der Waals surface area contributed by atoms with Gasteiger partial charge in [-0.05, 0) is 32.8 Å². The van der Waals surface area contributed by atoms with Crippen molar-refractivity contribution in [3.8, 4) is 0 Å². The van der Waals surface area contributed by atoms with Gasteiger partial charge in [-0.3, -0.25) is 9.59 Å². The number of nitrogens with zero attached hydrogens (tertiary/aromatic N) is 2. The molecule has 1 unspecified atom stereocenters. The zero-order chi connectivity index (χ0) is 20.3. The Hall–Kier alpha value is -0.880. The normalized spacial score (nSPS) is 11.6. The molecule has 27 heavy (non-hydrogen) atoms. The number of hydrogen-bond acceptors (Lipinski definition) is 2. The lowest BCUT2D eigenvalue weighted by Crippen LogP contribution is -3.00. The van der Waals surface area contributed by atoms with Gasteiger partial charge in [-0.2, -0.15) is 0 Å². The SMILES string of the molecule is C=C(C)C(=O)NC[N+](C)(C)CCC.C=CC(=O)C(C)[N+](C)(C)CCC.[Cl-].[Cl-]. The number of hydrogen-bond donors (Lipinski definition) is 1. The molecular weight excluding hydrogens is 385 g/mol. The topological polar surface area (TPSA) is 46.2 Å². The van der Waals surface area contributed by atoms with E-state index in [4.69, 9.17) is 0 Å². The van der Waals surface area contributed by atoms with Crippen molar-refractivity contribution < 1.29 is 43.4 Å². The number of carbonyl (C=O) groups excluding carboxylic acids is 2. The third kappa shape index (κ3) is 15.8. The molecule has 0 saturated heterocycles. The van der Waals surface area contributed by atoms with Gasteiger partial charge in [0.15, 0.2) is 6.67 Å². The van der Waals surface area contributed by atoms with Gasteiger partial charge in [0.2, 0.25) is 5.78 Å². The standard InChI is InChI=1S/C10H20N2O.C10H20NO.2ClH/c1-6-7-12(4,5)8-11-10(13)9(2)3;1-6-8-11(4,5)9(3)10(12)7-2;;/h2,6-8H2,1,3-5H3;7,9H,2,6,8H2,1,3-5H3;2*1H/q;+1;;/p-1. The number of nitrogens with one attached hydrogen (secondary N) is 1. The van der Waals surface area contributed by atoms with Crippen molar-refractivity contribution >= 4 is 11.7 Å². The molecule has 0 saturated carbocycles. The molecule has 0 rings (SSSR count). The Morgan fingerprint density at radius 1 is 1.04 bits per heavy atom. The van der Waals surface area contributed by atoms with Crippen LogP contribution < -0.4 is 30.1 Å². The number of amides is 1. The predicted molar refractivity (Wildman–Crippen MR) is 107 cm³/mol. The molecule has 0 aromatic heterocycles. The van der Waals surface area contributed by atoms with E-state index in [2.05, 4.69) is 60.5 Å². The van der Waals surface area contributed by atoms with Crippen LogP contribution in [0, 0.1) is 0 Å². The van der Waals surface area contributed by atoms with Gasteiger partial charge < -0.3 is 39.1 Å². The summed E-state index contributed by atoms with van der Waals surface area (Å²) in [5, 5.41) is 2.84. The highest BCUT2D eigenvalue weighted by molar-refractivity contribution is 5.92. The first-order valence-electron chi connectivity index (χ1n) is 9.09. The van der Waals surface area contributed by atoms with Crippen LogP contribution >= 0.6 is 0 Å². The summed E-state index contributed by atoms with van der Waals surface area (Å²) in [4.78, 5) is 22.5. The molecule has 0 fully saturated rings. The maximum atomic E-state index is 11.3. The summed E-state index contributed by atoms with van der Waals surface area (Å²) in [6, 6.07) is 0.0300. The van der Waals surface area contributed by atoms with Crippen LogP contribution in [0.4, 0.5) is 0 Å². The Bertz CT molecular complexity index is 464. The van der Waals surface area contributed by atoms with E-state index < -0.39 is 0 Å². The molecule has 0 aromatic carbocycles. The molecule has 0 spiro atoms. The summed E-state index contributed by atoms with van der Waals surface area (Å²) in [7, 11) is 8.36. The Balaban J connectivity index is -0.000000183. The maximum Gasteiger partial charge on any atom is 0.250 e. The summed E-state index contributed by atoms with van der Waals surface area (Å²) in [5.74, 6) is 0.0794. The van der Waals surface area contributed by atoms with Gasteiger partial charge >= 0.3 is 0 Å². The zero-order valence-corrected chi connectivity index (χ0v) is 20.1. The second kappa shape index (κ2) is 16.1. The van der Waals surface area contributed by atoms with Gasteiger partial charge in [-0.15, -0.1) is 0 Å². The largest absolute Gasteiger partial charge is 1.00 e. The van der Waals surface area contributed by atoms with Crippen molar-refractivity contribution in [3.63, 3.8) is 0 Å².